The normalized spacial score (nSPS) is 27.3. The van der Waals surface area contributed by atoms with Gasteiger partial charge in [0.2, 0.25) is 0 Å². The highest BCUT2D eigenvalue weighted by Gasteiger charge is 2.44. The molecule has 2 aliphatic heterocycles. The van der Waals surface area contributed by atoms with Crippen LogP contribution in [-0.4, -0.2) is 12.3 Å². The first-order chi connectivity index (χ1) is 9.26. The first kappa shape index (κ1) is 12.0. The zero-order valence-electron chi connectivity index (χ0n) is 10.9. The number of rotatable bonds is 1. The van der Waals surface area contributed by atoms with Crippen LogP contribution in [0.2, 0.25) is 0 Å². The number of hydrogen-bond acceptors (Lipinski definition) is 3. The van der Waals surface area contributed by atoms with Crippen molar-refractivity contribution in [1.82, 2.24) is 5.32 Å². The summed E-state index contributed by atoms with van der Waals surface area (Å²) in [6, 6.07) is 4.69. The molecule has 2 heterocycles. The molecule has 0 amide bonds. The van der Waals surface area contributed by atoms with Crippen molar-refractivity contribution < 1.29 is 9.47 Å². The van der Waals surface area contributed by atoms with Gasteiger partial charge < -0.3 is 14.8 Å². The number of hydrogen-bond donors (Lipinski definition) is 1. The van der Waals surface area contributed by atoms with Crippen LogP contribution in [-0.2, 0) is 0 Å². The predicted molar refractivity (Wildman–Crippen MR) is 76.6 cm³/mol. The number of fused-ring (bicyclic) bond motifs is 1. The van der Waals surface area contributed by atoms with Gasteiger partial charge in [-0.2, -0.15) is 0 Å². The Hall–Kier alpha value is -0.740. The van der Waals surface area contributed by atoms with Gasteiger partial charge in [-0.25, -0.2) is 0 Å². The molecule has 0 aromatic heterocycles. The second-order valence-electron chi connectivity index (χ2n) is 5.79. The maximum atomic E-state index is 6.14. The lowest BCUT2D eigenvalue weighted by atomic mass is 10.0. The molecular weight excluding hydrogens is 306 g/mol. The molecule has 0 radical (unpaired) electrons. The fourth-order valence-corrected chi connectivity index (χ4v) is 4.07. The minimum absolute atomic E-state index is 0.358. The molecule has 1 N–H and O–H groups in total. The molecule has 1 saturated heterocycles. The Morgan fingerprint density at radius 2 is 1.84 bits per heavy atom. The predicted octanol–water partition coefficient (Wildman–Crippen LogP) is 3.92. The molecule has 3 aliphatic rings. The summed E-state index contributed by atoms with van der Waals surface area (Å²) >= 11 is 3.68. The minimum atomic E-state index is -0.358. The van der Waals surface area contributed by atoms with Crippen LogP contribution in [0.15, 0.2) is 16.6 Å². The number of ether oxygens (including phenoxy) is 2. The molecule has 4 rings (SSSR count). The van der Waals surface area contributed by atoms with Gasteiger partial charge in [0.05, 0.1) is 0 Å². The monoisotopic (exact) mass is 323 g/mol. The molecule has 1 unspecified atom stereocenters. The fraction of sp³-hybridized carbons (Fsp3) is 0.600. The first-order valence-corrected chi connectivity index (χ1v) is 8.00. The van der Waals surface area contributed by atoms with Gasteiger partial charge in [-0.1, -0.05) is 15.9 Å². The van der Waals surface area contributed by atoms with Crippen molar-refractivity contribution in [3.05, 3.63) is 22.2 Å². The Kier molecular flexibility index (Phi) is 2.78. The molecule has 4 heteroatoms. The Balaban J connectivity index is 1.68. The van der Waals surface area contributed by atoms with E-state index in [-0.39, 0.29) is 5.79 Å². The lowest BCUT2D eigenvalue weighted by Crippen LogP contribution is -2.34. The van der Waals surface area contributed by atoms with E-state index in [2.05, 4.69) is 33.4 Å². The van der Waals surface area contributed by atoms with E-state index >= 15 is 0 Å². The van der Waals surface area contributed by atoms with E-state index in [1.165, 1.54) is 31.2 Å². The average molecular weight is 324 g/mol. The lowest BCUT2D eigenvalue weighted by Gasteiger charge is -2.21. The van der Waals surface area contributed by atoms with Crippen LogP contribution in [0.25, 0.3) is 0 Å². The second kappa shape index (κ2) is 4.38. The fourth-order valence-electron chi connectivity index (χ4n) is 3.47. The summed E-state index contributed by atoms with van der Waals surface area (Å²) in [5.41, 5.74) is 1.30. The second-order valence-corrected chi connectivity index (χ2v) is 6.65. The maximum Gasteiger partial charge on any atom is 0.251 e. The third-order valence-corrected chi connectivity index (χ3v) is 5.14. The standard InChI is InChI=1S/C15H18BrNO2/c16-11-9-14-13(8-10(11)12-4-3-7-17-12)18-15(19-14)5-1-2-6-15/h8-9,12,17H,1-7H2. The van der Waals surface area contributed by atoms with Crippen LogP contribution < -0.4 is 14.8 Å². The highest BCUT2D eigenvalue weighted by Crippen LogP contribution is 2.49. The molecule has 1 aliphatic carbocycles. The van der Waals surface area contributed by atoms with Gasteiger partial charge in [-0.3, -0.25) is 0 Å². The third kappa shape index (κ3) is 1.96. The van der Waals surface area contributed by atoms with Crippen LogP contribution in [0.4, 0.5) is 0 Å². The first-order valence-electron chi connectivity index (χ1n) is 7.21. The summed E-state index contributed by atoms with van der Waals surface area (Å²) in [7, 11) is 0. The Morgan fingerprint density at radius 3 is 2.53 bits per heavy atom. The molecular formula is C15H18BrNO2. The van der Waals surface area contributed by atoms with E-state index in [4.69, 9.17) is 9.47 Å². The van der Waals surface area contributed by atoms with E-state index in [9.17, 15) is 0 Å². The quantitative estimate of drug-likeness (QED) is 0.849. The van der Waals surface area contributed by atoms with Crippen molar-refractivity contribution in [2.75, 3.05) is 6.54 Å². The SMILES string of the molecule is Brc1cc2c(cc1C1CCCN1)OC1(CCCC1)O2. The van der Waals surface area contributed by atoms with Gasteiger partial charge >= 0.3 is 0 Å². The van der Waals surface area contributed by atoms with E-state index in [0.29, 0.717) is 6.04 Å². The topological polar surface area (TPSA) is 30.5 Å². The maximum absolute atomic E-state index is 6.14. The molecule has 102 valence electrons. The van der Waals surface area contributed by atoms with Crippen LogP contribution in [0.3, 0.4) is 0 Å². The van der Waals surface area contributed by atoms with E-state index < -0.39 is 0 Å². The van der Waals surface area contributed by atoms with E-state index in [1.807, 2.05) is 0 Å². The summed E-state index contributed by atoms with van der Waals surface area (Å²) < 4.78 is 13.3. The third-order valence-electron chi connectivity index (χ3n) is 4.46. The van der Waals surface area contributed by atoms with Gasteiger partial charge in [0.25, 0.3) is 5.79 Å². The number of benzene rings is 1. The highest BCUT2D eigenvalue weighted by atomic mass is 79.9. The lowest BCUT2D eigenvalue weighted by molar-refractivity contribution is -0.0716. The molecule has 2 fully saturated rings. The molecule has 1 saturated carbocycles. The molecule has 1 aromatic rings. The summed E-state index contributed by atoms with van der Waals surface area (Å²) in [6.45, 7) is 1.11. The van der Waals surface area contributed by atoms with Crippen LogP contribution >= 0.6 is 15.9 Å². The van der Waals surface area contributed by atoms with Crippen molar-refractivity contribution in [3.8, 4) is 11.5 Å². The smallest absolute Gasteiger partial charge is 0.251 e. The summed E-state index contributed by atoms with van der Waals surface area (Å²) in [4.78, 5) is 0. The van der Waals surface area contributed by atoms with Gasteiger partial charge in [0, 0.05) is 23.4 Å². The molecule has 1 spiro atoms. The average Bonchev–Trinajstić information content (AvgIpc) is 3.10. The van der Waals surface area contributed by atoms with Gasteiger partial charge in [0.15, 0.2) is 11.5 Å². The Bertz CT molecular complexity index is 505. The largest absolute Gasteiger partial charge is 0.448 e. The van der Waals surface area contributed by atoms with Crippen molar-refractivity contribution in [2.24, 2.45) is 0 Å². The van der Waals surface area contributed by atoms with E-state index in [1.54, 1.807) is 0 Å². The van der Waals surface area contributed by atoms with Crippen molar-refractivity contribution in [2.45, 2.75) is 50.4 Å². The molecule has 19 heavy (non-hydrogen) atoms. The highest BCUT2D eigenvalue weighted by molar-refractivity contribution is 9.10. The molecule has 1 atom stereocenters. The van der Waals surface area contributed by atoms with Crippen LogP contribution in [0.1, 0.15) is 50.1 Å². The van der Waals surface area contributed by atoms with E-state index in [0.717, 1.165) is 35.4 Å². The number of halogens is 1. The summed E-state index contributed by atoms with van der Waals surface area (Å²) in [5.74, 6) is 1.47. The van der Waals surface area contributed by atoms with Gasteiger partial charge in [0.1, 0.15) is 0 Å². The van der Waals surface area contributed by atoms with Gasteiger partial charge in [-0.05, 0) is 49.9 Å². The van der Waals surface area contributed by atoms with Crippen molar-refractivity contribution in [1.29, 1.82) is 0 Å². The van der Waals surface area contributed by atoms with Crippen LogP contribution in [0, 0.1) is 0 Å². The van der Waals surface area contributed by atoms with Crippen molar-refractivity contribution in [3.63, 3.8) is 0 Å². The van der Waals surface area contributed by atoms with Crippen LogP contribution in [0.5, 0.6) is 11.5 Å². The Labute approximate surface area is 121 Å². The van der Waals surface area contributed by atoms with Crippen molar-refractivity contribution >= 4 is 15.9 Å². The minimum Gasteiger partial charge on any atom is -0.448 e. The molecule has 3 nitrogen and oxygen atoms in total. The Morgan fingerprint density at radius 1 is 1.11 bits per heavy atom. The summed E-state index contributed by atoms with van der Waals surface area (Å²) in [6.07, 6.45) is 6.86. The molecule has 1 aromatic carbocycles. The zero-order valence-corrected chi connectivity index (χ0v) is 12.5. The summed E-state index contributed by atoms with van der Waals surface area (Å²) in [5, 5.41) is 3.54. The van der Waals surface area contributed by atoms with Gasteiger partial charge in [-0.15, -0.1) is 0 Å². The molecule has 0 bridgehead atoms. The zero-order chi connectivity index (χ0) is 12.9. The number of nitrogens with one attached hydrogen (secondary N) is 1.